The normalized spacial score (nSPS) is 10.1. The first-order valence-electron chi connectivity index (χ1n) is 6.33. The maximum Gasteiger partial charge on any atom is 0.200 e. The second-order valence-electron chi connectivity index (χ2n) is 4.12. The standard InChI is InChI=1S/C16H15BrO3/c1-2-19-14-7-9-15(10-8-14)20-11-16(18)12-3-5-13(17)6-4-12/h3-10H,2,11H2,1H3. The highest BCUT2D eigenvalue weighted by Crippen LogP contribution is 2.18. The molecule has 0 bridgehead atoms. The Hall–Kier alpha value is -1.81. The number of rotatable bonds is 6. The van der Waals surface area contributed by atoms with Crippen molar-refractivity contribution in [3.8, 4) is 11.5 Å². The molecule has 0 radical (unpaired) electrons. The molecule has 0 atom stereocenters. The zero-order chi connectivity index (χ0) is 14.4. The molecule has 2 aromatic rings. The molecule has 2 rings (SSSR count). The van der Waals surface area contributed by atoms with E-state index in [1.807, 2.05) is 31.2 Å². The Labute approximate surface area is 126 Å². The smallest absolute Gasteiger partial charge is 0.200 e. The van der Waals surface area contributed by atoms with E-state index < -0.39 is 0 Å². The molecule has 104 valence electrons. The van der Waals surface area contributed by atoms with Gasteiger partial charge in [-0.3, -0.25) is 4.79 Å². The second kappa shape index (κ2) is 7.10. The molecular formula is C16H15BrO3. The van der Waals surface area contributed by atoms with Crippen LogP contribution in [0.5, 0.6) is 11.5 Å². The molecule has 0 amide bonds. The number of ketones is 1. The second-order valence-corrected chi connectivity index (χ2v) is 5.04. The van der Waals surface area contributed by atoms with E-state index in [1.54, 1.807) is 24.3 Å². The van der Waals surface area contributed by atoms with Gasteiger partial charge in [-0.2, -0.15) is 0 Å². The Morgan fingerprint density at radius 1 is 0.950 bits per heavy atom. The first kappa shape index (κ1) is 14.6. The van der Waals surface area contributed by atoms with Gasteiger partial charge in [-0.15, -0.1) is 0 Å². The van der Waals surface area contributed by atoms with Crippen molar-refractivity contribution >= 4 is 21.7 Å². The largest absolute Gasteiger partial charge is 0.494 e. The van der Waals surface area contributed by atoms with Crippen LogP contribution in [0.4, 0.5) is 0 Å². The SMILES string of the molecule is CCOc1ccc(OCC(=O)c2ccc(Br)cc2)cc1. The molecule has 0 heterocycles. The van der Waals surface area contributed by atoms with Gasteiger partial charge in [-0.25, -0.2) is 0 Å². The van der Waals surface area contributed by atoms with Crippen LogP contribution in [-0.2, 0) is 0 Å². The lowest BCUT2D eigenvalue weighted by atomic mass is 10.1. The maximum absolute atomic E-state index is 11.9. The van der Waals surface area contributed by atoms with Gasteiger partial charge in [-0.05, 0) is 43.3 Å². The zero-order valence-corrected chi connectivity index (χ0v) is 12.7. The van der Waals surface area contributed by atoms with Gasteiger partial charge in [0.25, 0.3) is 0 Å². The van der Waals surface area contributed by atoms with Crippen molar-refractivity contribution in [2.75, 3.05) is 13.2 Å². The molecular weight excluding hydrogens is 320 g/mol. The Kier molecular flexibility index (Phi) is 5.18. The number of ether oxygens (including phenoxy) is 2. The van der Waals surface area contributed by atoms with Gasteiger partial charge < -0.3 is 9.47 Å². The van der Waals surface area contributed by atoms with Crippen LogP contribution in [0, 0.1) is 0 Å². The van der Waals surface area contributed by atoms with Crippen molar-refractivity contribution in [1.29, 1.82) is 0 Å². The first-order chi connectivity index (χ1) is 9.69. The molecule has 0 spiro atoms. The molecule has 0 aromatic heterocycles. The zero-order valence-electron chi connectivity index (χ0n) is 11.1. The molecule has 0 aliphatic rings. The van der Waals surface area contributed by atoms with Crippen LogP contribution in [0.1, 0.15) is 17.3 Å². The van der Waals surface area contributed by atoms with Gasteiger partial charge in [0, 0.05) is 10.0 Å². The average molecular weight is 335 g/mol. The lowest BCUT2D eigenvalue weighted by Crippen LogP contribution is -2.11. The van der Waals surface area contributed by atoms with E-state index in [-0.39, 0.29) is 12.4 Å². The Bertz CT molecular complexity index is 561. The van der Waals surface area contributed by atoms with Crippen LogP contribution in [0.15, 0.2) is 53.0 Å². The predicted octanol–water partition coefficient (Wildman–Crippen LogP) is 4.11. The summed E-state index contributed by atoms with van der Waals surface area (Å²) in [5, 5.41) is 0. The van der Waals surface area contributed by atoms with E-state index >= 15 is 0 Å². The van der Waals surface area contributed by atoms with E-state index in [0.717, 1.165) is 10.2 Å². The van der Waals surface area contributed by atoms with Crippen molar-refractivity contribution in [3.63, 3.8) is 0 Å². The number of hydrogen-bond donors (Lipinski definition) is 0. The van der Waals surface area contributed by atoms with Crippen molar-refractivity contribution in [2.45, 2.75) is 6.92 Å². The van der Waals surface area contributed by atoms with Gasteiger partial charge in [0.1, 0.15) is 11.5 Å². The summed E-state index contributed by atoms with van der Waals surface area (Å²) < 4.78 is 11.8. The Morgan fingerprint density at radius 3 is 2.05 bits per heavy atom. The number of Topliss-reactive ketones (excluding diaryl/α,β-unsaturated/α-hetero) is 1. The van der Waals surface area contributed by atoms with E-state index in [1.165, 1.54) is 0 Å². The first-order valence-corrected chi connectivity index (χ1v) is 7.13. The predicted molar refractivity (Wildman–Crippen MR) is 81.6 cm³/mol. The summed E-state index contributed by atoms with van der Waals surface area (Å²) >= 11 is 3.34. The summed E-state index contributed by atoms with van der Waals surface area (Å²) in [4.78, 5) is 11.9. The van der Waals surface area contributed by atoms with Crippen LogP contribution in [0.3, 0.4) is 0 Å². The summed E-state index contributed by atoms with van der Waals surface area (Å²) in [6, 6.07) is 14.4. The topological polar surface area (TPSA) is 35.5 Å². The van der Waals surface area contributed by atoms with E-state index in [2.05, 4.69) is 15.9 Å². The molecule has 0 N–H and O–H groups in total. The highest BCUT2D eigenvalue weighted by Gasteiger charge is 2.06. The fourth-order valence-electron chi connectivity index (χ4n) is 1.67. The molecule has 0 aliphatic carbocycles. The lowest BCUT2D eigenvalue weighted by Gasteiger charge is -2.07. The highest BCUT2D eigenvalue weighted by atomic mass is 79.9. The van der Waals surface area contributed by atoms with Gasteiger partial charge in [0.05, 0.1) is 6.61 Å². The number of halogens is 1. The average Bonchev–Trinajstić information content (AvgIpc) is 2.47. The third-order valence-electron chi connectivity index (χ3n) is 2.67. The molecule has 0 saturated carbocycles. The van der Waals surface area contributed by atoms with Crippen molar-refractivity contribution in [3.05, 3.63) is 58.6 Å². The summed E-state index contributed by atoms with van der Waals surface area (Å²) in [6.45, 7) is 2.58. The minimum atomic E-state index is -0.0496. The van der Waals surface area contributed by atoms with E-state index in [0.29, 0.717) is 17.9 Å². The van der Waals surface area contributed by atoms with Gasteiger partial charge in [0.2, 0.25) is 0 Å². The summed E-state index contributed by atoms with van der Waals surface area (Å²) in [6.07, 6.45) is 0. The number of hydrogen-bond acceptors (Lipinski definition) is 3. The molecule has 4 heteroatoms. The molecule has 3 nitrogen and oxygen atoms in total. The van der Waals surface area contributed by atoms with Crippen molar-refractivity contribution < 1.29 is 14.3 Å². The fourth-order valence-corrected chi connectivity index (χ4v) is 1.93. The fraction of sp³-hybridized carbons (Fsp3) is 0.188. The Morgan fingerprint density at radius 2 is 1.50 bits per heavy atom. The monoisotopic (exact) mass is 334 g/mol. The van der Waals surface area contributed by atoms with Crippen LogP contribution in [0.25, 0.3) is 0 Å². The molecule has 20 heavy (non-hydrogen) atoms. The van der Waals surface area contributed by atoms with Crippen molar-refractivity contribution in [2.24, 2.45) is 0 Å². The quantitative estimate of drug-likeness (QED) is 0.746. The minimum absolute atomic E-state index is 0.0234. The van der Waals surface area contributed by atoms with Gasteiger partial charge in [-0.1, -0.05) is 28.1 Å². The summed E-state index contributed by atoms with van der Waals surface area (Å²) in [7, 11) is 0. The van der Waals surface area contributed by atoms with E-state index in [9.17, 15) is 4.79 Å². The third kappa shape index (κ3) is 4.10. The van der Waals surface area contributed by atoms with Crippen LogP contribution < -0.4 is 9.47 Å². The molecule has 0 saturated heterocycles. The summed E-state index contributed by atoms with van der Waals surface area (Å²) in [5.74, 6) is 1.39. The lowest BCUT2D eigenvalue weighted by molar-refractivity contribution is 0.0921. The van der Waals surface area contributed by atoms with Crippen LogP contribution in [-0.4, -0.2) is 19.0 Å². The molecule has 0 aliphatic heterocycles. The van der Waals surface area contributed by atoms with Crippen LogP contribution >= 0.6 is 15.9 Å². The van der Waals surface area contributed by atoms with Crippen LogP contribution in [0.2, 0.25) is 0 Å². The number of carbonyl (C=O) groups excluding carboxylic acids is 1. The maximum atomic E-state index is 11.9. The van der Waals surface area contributed by atoms with Gasteiger partial charge in [0.15, 0.2) is 12.4 Å². The van der Waals surface area contributed by atoms with Gasteiger partial charge >= 0.3 is 0 Å². The molecule has 0 unspecified atom stereocenters. The third-order valence-corrected chi connectivity index (χ3v) is 3.20. The molecule has 0 fully saturated rings. The van der Waals surface area contributed by atoms with Crippen molar-refractivity contribution in [1.82, 2.24) is 0 Å². The number of benzene rings is 2. The minimum Gasteiger partial charge on any atom is -0.494 e. The summed E-state index contributed by atoms with van der Waals surface area (Å²) in [5.41, 5.74) is 0.638. The molecule has 2 aromatic carbocycles. The number of carbonyl (C=O) groups is 1. The van der Waals surface area contributed by atoms with E-state index in [4.69, 9.17) is 9.47 Å². The Balaban J connectivity index is 1.91. The highest BCUT2D eigenvalue weighted by molar-refractivity contribution is 9.10.